The summed E-state index contributed by atoms with van der Waals surface area (Å²) < 4.78 is 7.22. The number of morpholine rings is 1. The van der Waals surface area contributed by atoms with Crippen LogP contribution in [0.1, 0.15) is 6.92 Å². The minimum absolute atomic E-state index is 0.165. The van der Waals surface area contributed by atoms with Crippen LogP contribution in [-0.4, -0.2) is 76.6 Å². The van der Waals surface area contributed by atoms with Gasteiger partial charge in [0.25, 0.3) is 0 Å². The normalized spacial score (nSPS) is 19.3. The number of primary amides is 1. The van der Waals surface area contributed by atoms with Crippen molar-refractivity contribution in [3.8, 4) is 11.5 Å². The second kappa shape index (κ2) is 7.92. The van der Waals surface area contributed by atoms with Gasteiger partial charge in [-0.25, -0.2) is 9.78 Å². The van der Waals surface area contributed by atoms with Crippen LogP contribution < -0.4 is 10.6 Å². The summed E-state index contributed by atoms with van der Waals surface area (Å²) in [4.78, 5) is 24.5. The number of fused-ring (bicyclic) bond motifs is 2. The van der Waals surface area contributed by atoms with E-state index in [0.717, 1.165) is 35.2 Å². The number of nitrogens with one attached hydrogen (secondary N) is 1. The number of anilines is 1. The highest BCUT2D eigenvalue weighted by Gasteiger charge is 2.27. The third-order valence-corrected chi connectivity index (χ3v) is 5.89. The van der Waals surface area contributed by atoms with Crippen LogP contribution in [0.15, 0.2) is 42.5 Å². The maximum atomic E-state index is 11.8. The topological polar surface area (TPSA) is 105 Å². The highest BCUT2D eigenvalue weighted by molar-refractivity contribution is 5.98. The van der Waals surface area contributed by atoms with Gasteiger partial charge in [0.15, 0.2) is 5.82 Å². The number of nitrogens with two attached hydrogens (primary N) is 1. The van der Waals surface area contributed by atoms with E-state index in [0.29, 0.717) is 23.6 Å². The van der Waals surface area contributed by atoms with Crippen LogP contribution in [-0.2, 0) is 4.74 Å². The van der Waals surface area contributed by atoms with Gasteiger partial charge in [-0.15, -0.1) is 0 Å². The van der Waals surface area contributed by atoms with E-state index < -0.39 is 6.03 Å². The molecule has 166 valence electrons. The first-order chi connectivity index (χ1) is 15.4. The van der Waals surface area contributed by atoms with Crippen molar-refractivity contribution in [1.82, 2.24) is 24.6 Å². The van der Waals surface area contributed by atoms with E-state index in [1.165, 1.54) is 4.68 Å². The minimum Gasteiger partial charge on any atom is -0.373 e. The molecule has 1 amide bonds. The number of nitrogens with zero attached hydrogens (tertiary/aromatic N) is 5. The average Bonchev–Trinajstić information content (AvgIpc) is 3.35. The molecule has 2 unspecified atom stereocenters. The standard InChI is InChI=1S/C23H27N7O2/c1-14-13-32-16(11-28(2)3)12-29(14)15-8-9-18-19(10-15)26-22(25-18)21-17-6-4-5-7-20(17)30(27-21)23(24)31/h4-10,14,16H,11-13H2,1-3H3,(H2,24,31)(H,25,26). The lowest BCUT2D eigenvalue weighted by Gasteiger charge is -2.40. The smallest absolute Gasteiger partial charge is 0.340 e. The van der Waals surface area contributed by atoms with Crippen molar-refractivity contribution < 1.29 is 9.53 Å². The molecule has 3 heterocycles. The number of carbonyl (C=O) groups is 1. The number of imidazole rings is 1. The van der Waals surface area contributed by atoms with Crippen molar-refractivity contribution in [2.75, 3.05) is 38.7 Å². The van der Waals surface area contributed by atoms with Gasteiger partial charge >= 0.3 is 6.03 Å². The third kappa shape index (κ3) is 3.59. The maximum Gasteiger partial charge on any atom is 0.340 e. The van der Waals surface area contributed by atoms with Crippen molar-refractivity contribution in [3.63, 3.8) is 0 Å². The molecule has 2 aromatic heterocycles. The SMILES string of the molecule is CC1COC(CN(C)C)CN1c1ccc2nc(-c3nn(C(N)=O)c4ccccc34)[nH]c2c1. The van der Waals surface area contributed by atoms with Crippen LogP contribution in [0.25, 0.3) is 33.5 Å². The Hall–Kier alpha value is -3.43. The summed E-state index contributed by atoms with van der Waals surface area (Å²) in [6, 6.07) is 13.4. The Labute approximate surface area is 185 Å². The summed E-state index contributed by atoms with van der Waals surface area (Å²) in [5.74, 6) is 0.605. The predicted molar refractivity (Wildman–Crippen MR) is 125 cm³/mol. The van der Waals surface area contributed by atoms with Gasteiger partial charge < -0.3 is 25.3 Å². The fourth-order valence-corrected chi connectivity index (χ4v) is 4.39. The molecule has 9 nitrogen and oxygen atoms in total. The van der Waals surface area contributed by atoms with Gasteiger partial charge in [-0.3, -0.25) is 0 Å². The van der Waals surface area contributed by atoms with Gasteiger partial charge in [-0.2, -0.15) is 9.78 Å². The molecule has 5 rings (SSSR count). The zero-order valence-electron chi connectivity index (χ0n) is 18.4. The zero-order chi connectivity index (χ0) is 22.4. The Morgan fingerprint density at radius 1 is 1.28 bits per heavy atom. The number of carbonyl (C=O) groups excluding carboxylic acids is 1. The Bertz CT molecular complexity index is 1290. The average molecular weight is 434 g/mol. The summed E-state index contributed by atoms with van der Waals surface area (Å²) in [5.41, 5.74) is 9.65. The van der Waals surface area contributed by atoms with Gasteiger partial charge in [-0.1, -0.05) is 18.2 Å². The summed E-state index contributed by atoms with van der Waals surface area (Å²) in [5, 5.41) is 5.25. The van der Waals surface area contributed by atoms with Gasteiger partial charge in [-0.05, 0) is 45.3 Å². The summed E-state index contributed by atoms with van der Waals surface area (Å²) in [6.07, 6.45) is 0.165. The molecule has 0 bridgehead atoms. The summed E-state index contributed by atoms with van der Waals surface area (Å²) in [6.45, 7) is 4.59. The van der Waals surface area contributed by atoms with Gasteiger partial charge in [0.2, 0.25) is 0 Å². The lowest BCUT2D eigenvalue weighted by Crippen LogP contribution is -2.51. The number of aromatic nitrogens is 4. The molecular formula is C23H27N7O2. The number of H-pyrrole nitrogens is 1. The zero-order valence-corrected chi connectivity index (χ0v) is 18.4. The van der Waals surface area contributed by atoms with Crippen LogP contribution in [0.2, 0.25) is 0 Å². The molecule has 2 aromatic carbocycles. The van der Waals surface area contributed by atoms with Crippen molar-refractivity contribution in [1.29, 1.82) is 0 Å². The highest BCUT2D eigenvalue weighted by atomic mass is 16.5. The molecule has 9 heteroatoms. The molecule has 0 saturated carbocycles. The molecular weight excluding hydrogens is 406 g/mol. The summed E-state index contributed by atoms with van der Waals surface area (Å²) in [7, 11) is 4.13. The molecule has 32 heavy (non-hydrogen) atoms. The Balaban J connectivity index is 1.51. The third-order valence-electron chi connectivity index (χ3n) is 5.89. The molecule has 0 aliphatic carbocycles. The lowest BCUT2D eigenvalue weighted by atomic mass is 10.1. The van der Waals surface area contributed by atoms with E-state index >= 15 is 0 Å². The second-order valence-electron chi connectivity index (χ2n) is 8.62. The van der Waals surface area contributed by atoms with Crippen molar-refractivity contribution in [3.05, 3.63) is 42.5 Å². The van der Waals surface area contributed by atoms with Crippen molar-refractivity contribution >= 4 is 33.7 Å². The Morgan fingerprint density at radius 2 is 2.09 bits per heavy atom. The van der Waals surface area contributed by atoms with Crippen molar-refractivity contribution in [2.45, 2.75) is 19.1 Å². The highest BCUT2D eigenvalue weighted by Crippen LogP contribution is 2.30. The van der Waals surface area contributed by atoms with Crippen LogP contribution in [0.3, 0.4) is 0 Å². The van der Waals surface area contributed by atoms with Gasteiger partial charge in [0.05, 0.1) is 29.3 Å². The summed E-state index contributed by atoms with van der Waals surface area (Å²) >= 11 is 0. The van der Waals surface area contributed by atoms with Crippen LogP contribution in [0.5, 0.6) is 0 Å². The largest absolute Gasteiger partial charge is 0.373 e. The molecule has 2 atom stereocenters. The molecule has 1 saturated heterocycles. The number of aromatic amines is 1. The number of hydrogen-bond donors (Lipinski definition) is 2. The van der Waals surface area contributed by atoms with E-state index in [1.807, 2.05) is 30.3 Å². The molecule has 0 spiro atoms. The van der Waals surface area contributed by atoms with Crippen LogP contribution >= 0.6 is 0 Å². The maximum absolute atomic E-state index is 11.8. The van der Waals surface area contributed by atoms with E-state index in [9.17, 15) is 4.79 Å². The van der Waals surface area contributed by atoms with Crippen LogP contribution in [0.4, 0.5) is 10.5 Å². The molecule has 0 radical (unpaired) electrons. The minimum atomic E-state index is -0.626. The molecule has 1 aliphatic rings. The first-order valence-electron chi connectivity index (χ1n) is 10.7. The quantitative estimate of drug-likeness (QED) is 0.513. The first kappa shape index (κ1) is 20.5. The molecule has 4 aromatic rings. The van der Waals surface area contributed by atoms with E-state index in [1.54, 1.807) is 0 Å². The number of hydrogen-bond acceptors (Lipinski definition) is 6. The molecule has 3 N–H and O–H groups in total. The van der Waals surface area contributed by atoms with E-state index in [4.69, 9.17) is 15.5 Å². The van der Waals surface area contributed by atoms with E-state index in [-0.39, 0.29) is 12.1 Å². The van der Waals surface area contributed by atoms with Crippen LogP contribution in [0, 0.1) is 0 Å². The number of para-hydroxylation sites is 1. The fraction of sp³-hybridized carbons (Fsp3) is 0.348. The Kier molecular flexibility index (Phi) is 5.07. The Morgan fingerprint density at radius 3 is 2.88 bits per heavy atom. The van der Waals surface area contributed by atoms with Gasteiger partial charge in [0.1, 0.15) is 5.69 Å². The number of amides is 1. The predicted octanol–water partition coefficient (Wildman–Crippen LogP) is 2.66. The number of likely N-dealkylation sites (N-methyl/N-ethyl adjacent to an activating group) is 1. The monoisotopic (exact) mass is 433 g/mol. The van der Waals surface area contributed by atoms with Gasteiger partial charge in [0, 0.05) is 30.2 Å². The molecule has 1 aliphatic heterocycles. The lowest BCUT2D eigenvalue weighted by molar-refractivity contribution is 0.00880. The second-order valence-corrected chi connectivity index (χ2v) is 8.62. The molecule has 1 fully saturated rings. The number of benzene rings is 2. The number of ether oxygens (including phenoxy) is 1. The van der Waals surface area contributed by atoms with E-state index in [2.05, 4.69) is 53.0 Å². The first-order valence-corrected chi connectivity index (χ1v) is 10.7. The van der Waals surface area contributed by atoms with Crippen molar-refractivity contribution in [2.24, 2.45) is 5.73 Å². The fourth-order valence-electron chi connectivity index (χ4n) is 4.39. The number of rotatable bonds is 4.